The van der Waals surface area contributed by atoms with Crippen molar-refractivity contribution in [3.63, 3.8) is 0 Å². The second-order valence-electron chi connectivity index (χ2n) is 4.95. The van der Waals surface area contributed by atoms with Crippen molar-refractivity contribution in [2.75, 3.05) is 6.54 Å². The first-order chi connectivity index (χ1) is 8.31. The van der Waals surface area contributed by atoms with Crippen molar-refractivity contribution in [1.82, 2.24) is 5.32 Å². The molecule has 1 aromatic carbocycles. The molecule has 1 saturated heterocycles. The van der Waals surface area contributed by atoms with Crippen LogP contribution in [0.25, 0.3) is 0 Å². The molecule has 0 bridgehead atoms. The molecular formula is C15H22FN. The Morgan fingerprint density at radius 2 is 2.06 bits per heavy atom. The zero-order valence-corrected chi connectivity index (χ0v) is 10.6. The zero-order valence-electron chi connectivity index (χ0n) is 10.6. The van der Waals surface area contributed by atoms with Gasteiger partial charge in [-0.2, -0.15) is 0 Å². The molecule has 0 aromatic heterocycles. The van der Waals surface area contributed by atoms with Gasteiger partial charge in [0, 0.05) is 6.04 Å². The van der Waals surface area contributed by atoms with Gasteiger partial charge in [0.05, 0.1) is 0 Å². The van der Waals surface area contributed by atoms with E-state index in [0.717, 1.165) is 37.8 Å². The highest BCUT2D eigenvalue weighted by atomic mass is 19.1. The van der Waals surface area contributed by atoms with Crippen molar-refractivity contribution >= 4 is 0 Å². The number of aryl methyl sites for hydroxylation is 1. The Bertz CT molecular complexity index is 327. The second kappa shape index (κ2) is 6.15. The molecule has 0 aliphatic carbocycles. The summed E-state index contributed by atoms with van der Waals surface area (Å²) in [6.07, 6.45) is 4.65. The Morgan fingerprint density at radius 1 is 1.29 bits per heavy atom. The lowest BCUT2D eigenvalue weighted by Crippen LogP contribution is -2.37. The van der Waals surface area contributed by atoms with E-state index >= 15 is 0 Å². The number of nitrogens with one attached hydrogen (secondary N) is 1. The Balaban J connectivity index is 2.00. The fraction of sp³-hybridized carbons (Fsp3) is 0.600. The number of hydrogen-bond donors (Lipinski definition) is 1. The van der Waals surface area contributed by atoms with Crippen LogP contribution in [-0.2, 0) is 6.42 Å². The predicted octanol–water partition coefficient (Wildman–Crippen LogP) is 3.79. The minimum Gasteiger partial charge on any atom is -0.311 e. The topological polar surface area (TPSA) is 12.0 Å². The normalized spacial score (nSPS) is 22.4. The van der Waals surface area contributed by atoms with Crippen molar-refractivity contribution in [3.8, 4) is 0 Å². The van der Waals surface area contributed by atoms with Gasteiger partial charge >= 0.3 is 0 Å². The average Bonchev–Trinajstić information content (AvgIpc) is 2.40. The molecule has 2 unspecified atom stereocenters. The number of benzene rings is 1. The van der Waals surface area contributed by atoms with Gasteiger partial charge in [-0.3, -0.25) is 0 Å². The van der Waals surface area contributed by atoms with E-state index in [2.05, 4.69) is 24.4 Å². The molecule has 0 saturated carbocycles. The summed E-state index contributed by atoms with van der Waals surface area (Å²) in [5, 5.41) is 3.28. The first-order valence-electron chi connectivity index (χ1n) is 6.77. The standard InChI is InChI=1S/C15H22FN/c1-2-5-12-7-9-13(10-8-12)15(16)14-6-3-4-11-17-14/h7-10,14-15,17H,2-6,11H2,1H3. The molecular weight excluding hydrogens is 213 g/mol. The minimum atomic E-state index is -0.856. The molecule has 0 spiro atoms. The van der Waals surface area contributed by atoms with Crippen LogP contribution in [0.1, 0.15) is 49.9 Å². The molecule has 1 aliphatic rings. The van der Waals surface area contributed by atoms with Gasteiger partial charge in [-0.25, -0.2) is 4.39 Å². The van der Waals surface area contributed by atoms with E-state index in [1.807, 2.05) is 12.1 Å². The highest BCUT2D eigenvalue weighted by Crippen LogP contribution is 2.26. The van der Waals surface area contributed by atoms with Crippen molar-refractivity contribution in [3.05, 3.63) is 35.4 Å². The van der Waals surface area contributed by atoms with Crippen molar-refractivity contribution < 1.29 is 4.39 Å². The van der Waals surface area contributed by atoms with Crippen LogP contribution in [0.5, 0.6) is 0 Å². The van der Waals surface area contributed by atoms with E-state index in [9.17, 15) is 4.39 Å². The number of piperidine rings is 1. The third-order valence-electron chi connectivity index (χ3n) is 3.54. The Hall–Kier alpha value is -0.890. The fourth-order valence-corrected chi connectivity index (χ4v) is 2.52. The van der Waals surface area contributed by atoms with Gasteiger partial charge < -0.3 is 5.32 Å². The van der Waals surface area contributed by atoms with Crippen LogP contribution >= 0.6 is 0 Å². The average molecular weight is 235 g/mol. The summed E-state index contributed by atoms with van der Waals surface area (Å²) in [6, 6.07) is 8.04. The summed E-state index contributed by atoms with van der Waals surface area (Å²) in [7, 11) is 0. The molecule has 2 heteroatoms. The van der Waals surface area contributed by atoms with Crippen molar-refractivity contribution in [1.29, 1.82) is 0 Å². The van der Waals surface area contributed by atoms with Gasteiger partial charge in [0.25, 0.3) is 0 Å². The lowest BCUT2D eigenvalue weighted by Gasteiger charge is -2.26. The van der Waals surface area contributed by atoms with Gasteiger partial charge in [-0.1, -0.05) is 44.0 Å². The van der Waals surface area contributed by atoms with Crippen molar-refractivity contribution in [2.24, 2.45) is 0 Å². The highest BCUT2D eigenvalue weighted by molar-refractivity contribution is 5.25. The van der Waals surface area contributed by atoms with Crippen LogP contribution in [0.3, 0.4) is 0 Å². The molecule has 17 heavy (non-hydrogen) atoms. The smallest absolute Gasteiger partial charge is 0.140 e. The first kappa shape index (κ1) is 12.6. The van der Waals surface area contributed by atoms with E-state index in [1.54, 1.807) is 0 Å². The van der Waals surface area contributed by atoms with E-state index in [1.165, 1.54) is 12.0 Å². The quantitative estimate of drug-likeness (QED) is 0.837. The van der Waals surface area contributed by atoms with Crippen LogP contribution in [0.15, 0.2) is 24.3 Å². The Morgan fingerprint density at radius 3 is 2.65 bits per heavy atom. The van der Waals surface area contributed by atoms with Crippen molar-refractivity contribution in [2.45, 2.75) is 51.2 Å². The summed E-state index contributed by atoms with van der Waals surface area (Å²) < 4.78 is 14.3. The maximum absolute atomic E-state index is 14.3. The third kappa shape index (κ3) is 3.29. The molecule has 1 aromatic rings. The summed E-state index contributed by atoms with van der Waals surface area (Å²) >= 11 is 0. The molecule has 2 rings (SSSR count). The van der Waals surface area contributed by atoms with Gasteiger partial charge in [0.15, 0.2) is 0 Å². The summed E-state index contributed by atoms with van der Waals surface area (Å²) in [5.74, 6) is 0. The Labute approximate surface area is 103 Å². The van der Waals surface area contributed by atoms with Crippen LogP contribution < -0.4 is 5.32 Å². The maximum Gasteiger partial charge on any atom is 0.140 e. The molecule has 1 aliphatic heterocycles. The van der Waals surface area contributed by atoms with E-state index in [-0.39, 0.29) is 6.04 Å². The number of halogens is 1. The monoisotopic (exact) mass is 235 g/mol. The molecule has 1 fully saturated rings. The first-order valence-corrected chi connectivity index (χ1v) is 6.77. The molecule has 1 heterocycles. The van der Waals surface area contributed by atoms with Crippen LogP contribution in [0, 0.1) is 0 Å². The highest BCUT2D eigenvalue weighted by Gasteiger charge is 2.23. The van der Waals surface area contributed by atoms with E-state index < -0.39 is 6.17 Å². The van der Waals surface area contributed by atoms with Crippen LogP contribution in [-0.4, -0.2) is 12.6 Å². The lowest BCUT2D eigenvalue weighted by atomic mass is 9.95. The minimum absolute atomic E-state index is 0.0146. The van der Waals surface area contributed by atoms with Gasteiger partial charge in [-0.15, -0.1) is 0 Å². The number of rotatable bonds is 4. The number of hydrogen-bond acceptors (Lipinski definition) is 1. The van der Waals surface area contributed by atoms with Gasteiger partial charge in [-0.05, 0) is 36.9 Å². The summed E-state index contributed by atoms with van der Waals surface area (Å²) in [5.41, 5.74) is 2.13. The third-order valence-corrected chi connectivity index (χ3v) is 3.54. The summed E-state index contributed by atoms with van der Waals surface area (Å²) in [4.78, 5) is 0. The van der Waals surface area contributed by atoms with Gasteiger partial charge in [0.2, 0.25) is 0 Å². The summed E-state index contributed by atoms with van der Waals surface area (Å²) in [6.45, 7) is 3.12. The van der Waals surface area contributed by atoms with Gasteiger partial charge in [0.1, 0.15) is 6.17 Å². The Kier molecular flexibility index (Phi) is 4.55. The second-order valence-corrected chi connectivity index (χ2v) is 4.95. The maximum atomic E-state index is 14.3. The molecule has 1 N–H and O–H groups in total. The molecule has 1 nitrogen and oxygen atoms in total. The van der Waals surface area contributed by atoms with E-state index in [0.29, 0.717) is 0 Å². The molecule has 0 amide bonds. The molecule has 2 atom stereocenters. The number of alkyl halides is 1. The zero-order chi connectivity index (χ0) is 12.1. The van der Waals surface area contributed by atoms with Crippen LogP contribution in [0.2, 0.25) is 0 Å². The largest absolute Gasteiger partial charge is 0.311 e. The fourth-order valence-electron chi connectivity index (χ4n) is 2.52. The predicted molar refractivity (Wildman–Crippen MR) is 69.9 cm³/mol. The lowest BCUT2D eigenvalue weighted by molar-refractivity contribution is 0.221. The molecule has 0 radical (unpaired) electrons. The van der Waals surface area contributed by atoms with E-state index in [4.69, 9.17) is 0 Å². The van der Waals surface area contributed by atoms with Crippen LogP contribution in [0.4, 0.5) is 4.39 Å². The SMILES string of the molecule is CCCc1ccc(C(F)C2CCCCN2)cc1. The molecule has 94 valence electrons.